The molecule has 1 atom stereocenters. The van der Waals surface area contributed by atoms with Crippen LogP contribution in [0.2, 0.25) is 0 Å². The molecule has 2 N–H and O–H groups in total. The molecule has 0 radical (unpaired) electrons. The molecule has 1 aliphatic heterocycles. The molecule has 0 spiro atoms. The Morgan fingerprint density at radius 3 is 2.58 bits per heavy atom. The van der Waals surface area contributed by atoms with Crippen molar-refractivity contribution in [3.63, 3.8) is 0 Å². The third-order valence-electron chi connectivity index (χ3n) is 4.15. The molecule has 1 aliphatic rings. The van der Waals surface area contributed by atoms with E-state index in [0.29, 0.717) is 0 Å². The third kappa shape index (κ3) is 3.73. The summed E-state index contributed by atoms with van der Waals surface area (Å²) in [6.45, 7) is 6.69. The fraction of sp³-hybridized carbons (Fsp3) is 0.625. The summed E-state index contributed by atoms with van der Waals surface area (Å²) in [5.74, 6) is 0.938. The fourth-order valence-corrected chi connectivity index (χ4v) is 3.70. The van der Waals surface area contributed by atoms with Crippen LogP contribution in [-0.4, -0.2) is 13.1 Å². The summed E-state index contributed by atoms with van der Waals surface area (Å²) in [6, 6.07) is 6.67. The topological polar surface area (TPSA) is 29.3 Å². The van der Waals surface area contributed by atoms with Crippen LogP contribution in [0.25, 0.3) is 0 Å². The minimum atomic E-state index is 0.0821. The molecule has 0 bridgehead atoms. The van der Waals surface area contributed by atoms with Crippen molar-refractivity contribution in [2.45, 2.75) is 45.6 Å². The highest BCUT2D eigenvalue weighted by molar-refractivity contribution is 9.10. The van der Waals surface area contributed by atoms with Crippen LogP contribution in [0, 0.1) is 5.92 Å². The van der Waals surface area contributed by atoms with Gasteiger partial charge < -0.3 is 10.6 Å². The van der Waals surface area contributed by atoms with Crippen molar-refractivity contribution in [3.05, 3.63) is 28.2 Å². The van der Waals surface area contributed by atoms with Gasteiger partial charge in [0.15, 0.2) is 0 Å². The Morgan fingerprint density at radius 2 is 2.05 bits per heavy atom. The van der Waals surface area contributed by atoms with Crippen LogP contribution in [0.4, 0.5) is 5.69 Å². The first kappa shape index (κ1) is 14.9. The summed E-state index contributed by atoms with van der Waals surface area (Å²) in [7, 11) is 0. The van der Waals surface area contributed by atoms with E-state index in [1.165, 1.54) is 50.0 Å². The molecule has 1 saturated heterocycles. The first-order valence-corrected chi connectivity index (χ1v) is 8.21. The maximum atomic E-state index is 5.95. The van der Waals surface area contributed by atoms with Crippen molar-refractivity contribution in [2.75, 3.05) is 18.0 Å². The van der Waals surface area contributed by atoms with Crippen molar-refractivity contribution in [2.24, 2.45) is 11.7 Å². The van der Waals surface area contributed by atoms with Gasteiger partial charge >= 0.3 is 0 Å². The molecule has 0 saturated carbocycles. The molecular weight excluding hydrogens is 300 g/mol. The molecular formula is C16H25BrN2. The number of halogens is 1. The van der Waals surface area contributed by atoms with Crippen LogP contribution in [0.15, 0.2) is 22.7 Å². The molecule has 3 heteroatoms. The van der Waals surface area contributed by atoms with E-state index in [-0.39, 0.29) is 6.04 Å². The van der Waals surface area contributed by atoms with Crippen LogP contribution < -0.4 is 10.6 Å². The second-order valence-corrected chi connectivity index (χ2v) is 6.57. The van der Waals surface area contributed by atoms with Gasteiger partial charge in [0.1, 0.15) is 0 Å². The molecule has 0 unspecified atom stereocenters. The lowest BCUT2D eigenvalue weighted by Gasteiger charge is -2.34. The SMILES string of the molecule is CCCC1CCN(c2ccc([C@H](C)N)c(Br)c2)CC1. The zero-order valence-corrected chi connectivity index (χ0v) is 13.6. The van der Waals surface area contributed by atoms with E-state index >= 15 is 0 Å². The summed E-state index contributed by atoms with van der Waals surface area (Å²) in [5.41, 5.74) is 8.46. The standard InChI is InChI=1S/C16H25BrN2/c1-3-4-13-7-9-19(10-8-13)14-5-6-15(12(2)18)16(17)11-14/h5-6,11-13H,3-4,7-10,18H2,1-2H3/t12-/m0/s1. The monoisotopic (exact) mass is 324 g/mol. The third-order valence-corrected chi connectivity index (χ3v) is 4.84. The highest BCUT2D eigenvalue weighted by Gasteiger charge is 2.19. The van der Waals surface area contributed by atoms with E-state index in [1.54, 1.807) is 0 Å². The second-order valence-electron chi connectivity index (χ2n) is 5.71. The van der Waals surface area contributed by atoms with Crippen molar-refractivity contribution in [3.8, 4) is 0 Å². The number of piperidine rings is 1. The second kappa shape index (κ2) is 6.76. The van der Waals surface area contributed by atoms with Gasteiger partial charge in [0, 0.05) is 29.3 Å². The normalized spacial score (nSPS) is 18.6. The highest BCUT2D eigenvalue weighted by Crippen LogP contribution is 2.30. The average Bonchev–Trinajstić information content (AvgIpc) is 2.39. The van der Waals surface area contributed by atoms with Gasteiger partial charge in [-0.1, -0.05) is 41.8 Å². The van der Waals surface area contributed by atoms with Gasteiger partial charge in [0.05, 0.1) is 0 Å². The molecule has 0 aliphatic carbocycles. The Balaban J connectivity index is 2.02. The summed E-state index contributed by atoms with van der Waals surface area (Å²) >= 11 is 3.64. The van der Waals surface area contributed by atoms with E-state index in [9.17, 15) is 0 Å². The van der Waals surface area contributed by atoms with Crippen molar-refractivity contribution in [1.29, 1.82) is 0 Å². The number of hydrogen-bond donors (Lipinski definition) is 1. The summed E-state index contributed by atoms with van der Waals surface area (Å²) in [4.78, 5) is 2.50. The van der Waals surface area contributed by atoms with Crippen LogP contribution in [0.3, 0.4) is 0 Å². The molecule has 2 rings (SSSR count). The van der Waals surface area contributed by atoms with Crippen LogP contribution >= 0.6 is 15.9 Å². The lowest BCUT2D eigenvalue weighted by Crippen LogP contribution is -2.33. The smallest absolute Gasteiger partial charge is 0.0377 e. The molecule has 0 amide bonds. The Kier molecular flexibility index (Phi) is 5.28. The summed E-state index contributed by atoms with van der Waals surface area (Å²) < 4.78 is 1.13. The highest BCUT2D eigenvalue weighted by atomic mass is 79.9. The van der Waals surface area contributed by atoms with Crippen molar-refractivity contribution >= 4 is 21.6 Å². The Hall–Kier alpha value is -0.540. The number of rotatable bonds is 4. The Labute approximate surface area is 125 Å². The Morgan fingerprint density at radius 1 is 1.37 bits per heavy atom. The average molecular weight is 325 g/mol. The van der Waals surface area contributed by atoms with Crippen molar-refractivity contribution in [1.82, 2.24) is 0 Å². The van der Waals surface area contributed by atoms with Gasteiger partial charge in [-0.3, -0.25) is 0 Å². The number of nitrogens with two attached hydrogens (primary N) is 1. The molecule has 1 aromatic rings. The maximum Gasteiger partial charge on any atom is 0.0377 e. The first-order chi connectivity index (χ1) is 9.11. The molecule has 2 nitrogen and oxygen atoms in total. The maximum absolute atomic E-state index is 5.95. The van der Waals surface area contributed by atoms with Gasteiger partial charge in [-0.15, -0.1) is 0 Å². The number of benzene rings is 1. The van der Waals surface area contributed by atoms with E-state index < -0.39 is 0 Å². The minimum Gasteiger partial charge on any atom is -0.371 e. The van der Waals surface area contributed by atoms with Crippen LogP contribution in [0.5, 0.6) is 0 Å². The van der Waals surface area contributed by atoms with Gasteiger partial charge in [0.25, 0.3) is 0 Å². The molecule has 19 heavy (non-hydrogen) atoms. The van der Waals surface area contributed by atoms with E-state index in [2.05, 4.69) is 46.0 Å². The molecule has 1 aromatic carbocycles. The summed E-state index contributed by atoms with van der Waals surface area (Å²) in [6.07, 6.45) is 5.38. The van der Waals surface area contributed by atoms with Gasteiger partial charge in [-0.2, -0.15) is 0 Å². The quantitative estimate of drug-likeness (QED) is 0.884. The molecule has 0 aromatic heterocycles. The fourth-order valence-electron chi connectivity index (χ4n) is 2.97. The predicted molar refractivity (Wildman–Crippen MR) is 86.6 cm³/mol. The van der Waals surface area contributed by atoms with Crippen LogP contribution in [0.1, 0.15) is 51.1 Å². The van der Waals surface area contributed by atoms with Gasteiger partial charge in [-0.05, 0) is 43.4 Å². The van der Waals surface area contributed by atoms with E-state index in [1.807, 2.05) is 6.92 Å². The summed E-state index contributed by atoms with van der Waals surface area (Å²) in [5, 5.41) is 0. The number of anilines is 1. The molecule has 106 valence electrons. The van der Waals surface area contributed by atoms with Crippen LogP contribution in [-0.2, 0) is 0 Å². The largest absolute Gasteiger partial charge is 0.371 e. The van der Waals surface area contributed by atoms with E-state index in [0.717, 1.165) is 10.4 Å². The first-order valence-electron chi connectivity index (χ1n) is 7.41. The zero-order valence-electron chi connectivity index (χ0n) is 12.0. The zero-order chi connectivity index (χ0) is 13.8. The minimum absolute atomic E-state index is 0.0821. The van der Waals surface area contributed by atoms with Crippen molar-refractivity contribution < 1.29 is 0 Å². The predicted octanol–water partition coefficient (Wildman–Crippen LogP) is 4.49. The number of hydrogen-bond acceptors (Lipinski definition) is 2. The number of nitrogens with zero attached hydrogens (tertiary/aromatic N) is 1. The lowest BCUT2D eigenvalue weighted by atomic mass is 9.92. The molecule has 1 fully saturated rings. The van der Waals surface area contributed by atoms with Gasteiger partial charge in [-0.25, -0.2) is 0 Å². The van der Waals surface area contributed by atoms with Gasteiger partial charge in [0.2, 0.25) is 0 Å². The van der Waals surface area contributed by atoms with E-state index in [4.69, 9.17) is 5.73 Å². The Bertz CT molecular complexity index is 409. The lowest BCUT2D eigenvalue weighted by molar-refractivity contribution is 0.378. The molecule has 1 heterocycles.